The van der Waals surface area contributed by atoms with Crippen LogP contribution in [0.5, 0.6) is 5.75 Å². The van der Waals surface area contributed by atoms with Crippen LogP contribution in [0.1, 0.15) is 41.3 Å². The highest BCUT2D eigenvalue weighted by atomic mass is 16.6. The highest BCUT2D eigenvalue weighted by Crippen LogP contribution is 2.31. The number of nitro benzene ring substituents is 1. The number of ether oxygens (including phenoxy) is 1. The Bertz CT molecular complexity index is 1310. The fraction of sp³-hybridized carbons (Fsp3) is 0.148. The van der Waals surface area contributed by atoms with Gasteiger partial charge in [-0.15, -0.1) is 0 Å². The predicted molar refractivity (Wildman–Crippen MR) is 130 cm³/mol. The van der Waals surface area contributed by atoms with Crippen LogP contribution in [0, 0.1) is 10.1 Å². The van der Waals surface area contributed by atoms with Crippen molar-refractivity contribution < 1.29 is 14.5 Å². The molecule has 4 aromatic rings. The third-order valence-corrected chi connectivity index (χ3v) is 5.48. The van der Waals surface area contributed by atoms with Crippen LogP contribution in [0.4, 0.5) is 11.4 Å². The Kier molecular flexibility index (Phi) is 6.36. The van der Waals surface area contributed by atoms with Gasteiger partial charge in [-0.25, -0.2) is 0 Å². The van der Waals surface area contributed by atoms with Crippen molar-refractivity contribution in [1.82, 2.24) is 0 Å². The number of benzene rings is 4. The van der Waals surface area contributed by atoms with Crippen molar-refractivity contribution in [2.75, 3.05) is 5.32 Å². The van der Waals surface area contributed by atoms with Crippen LogP contribution in [-0.2, 0) is 6.61 Å². The number of anilines is 1. The minimum atomic E-state index is -0.487. The molecule has 0 saturated heterocycles. The van der Waals surface area contributed by atoms with Gasteiger partial charge >= 0.3 is 0 Å². The van der Waals surface area contributed by atoms with Crippen molar-refractivity contribution in [3.05, 3.63) is 112 Å². The summed E-state index contributed by atoms with van der Waals surface area (Å²) in [6.07, 6.45) is 0. The number of carbonyl (C=O) groups is 1. The molecule has 6 nitrogen and oxygen atoms in total. The van der Waals surface area contributed by atoms with E-state index >= 15 is 0 Å². The van der Waals surface area contributed by atoms with E-state index in [-0.39, 0.29) is 24.0 Å². The summed E-state index contributed by atoms with van der Waals surface area (Å²) in [5.74, 6) is 0.348. The van der Waals surface area contributed by atoms with Crippen LogP contribution in [-0.4, -0.2) is 10.8 Å². The summed E-state index contributed by atoms with van der Waals surface area (Å²) >= 11 is 0. The van der Waals surface area contributed by atoms with Crippen molar-refractivity contribution in [3.63, 3.8) is 0 Å². The molecule has 4 aromatic carbocycles. The van der Waals surface area contributed by atoms with Crippen molar-refractivity contribution in [1.29, 1.82) is 0 Å². The number of non-ortho nitro benzene ring substituents is 1. The van der Waals surface area contributed by atoms with Gasteiger partial charge in [0.15, 0.2) is 0 Å². The summed E-state index contributed by atoms with van der Waals surface area (Å²) < 4.78 is 5.90. The first kappa shape index (κ1) is 22.0. The van der Waals surface area contributed by atoms with Gasteiger partial charge in [0.1, 0.15) is 12.4 Å². The van der Waals surface area contributed by atoms with Gasteiger partial charge in [-0.1, -0.05) is 68.4 Å². The lowest BCUT2D eigenvalue weighted by atomic mass is 10.0. The Morgan fingerprint density at radius 2 is 1.67 bits per heavy atom. The second-order valence-corrected chi connectivity index (χ2v) is 8.14. The molecule has 166 valence electrons. The first-order chi connectivity index (χ1) is 15.9. The molecular formula is C27H24N2O4. The van der Waals surface area contributed by atoms with Gasteiger partial charge in [0.2, 0.25) is 0 Å². The molecule has 1 amide bonds. The van der Waals surface area contributed by atoms with Gasteiger partial charge in [-0.05, 0) is 46.0 Å². The van der Waals surface area contributed by atoms with Crippen LogP contribution in [0.2, 0.25) is 0 Å². The Morgan fingerprint density at radius 3 is 2.36 bits per heavy atom. The quantitative estimate of drug-likeness (QED) is 0.256. The molecule has 0 atom stereocenters. The van der Waals surface area contributed by atoms with Crippen LogP contribution < -0.4 is 10.1 Å². The average molecular weight is 440 g/mol. The number of nitro groups is 1. The Balaban J connectivity index is 1.56. The van der Waals surface area contributed by atoms with Crippen molar-refractivity contribution in [2.45, 2.75) is 26.4 Å². The molecule has 0 unspecified atom stereocenters. The highest BCUT2D eigenvalue weighted by Gasteiger charge is 2.16. The third kappa shape index (κ3) is 5.18. The maximum Gasteiger partial charge on any atom is 0.273 e. The lowest BCUT2D eigenvalue weighted by molar-refractivity contribution is -0.384. The molecular weight excluding hydrogens is 416 g/mol. The SMILES string of the molecule is CC(C)c1ccc(COc2cc([N+](=O)[O-])ccc2NC(=O)c2ccc3ccccc3c2)cc1. The summed E-state index contributed by atoms with van der Waals surface area (Å²) in [6.45, 7) is 4.47. The van der Waals surface area contributed by atoms with E-state index in [2.05, 4.69) is 19.2 Å². The molecule has 0 aromatic heterocycles. The van der Waals surface area contributed by atoms with E-state index in [0.717, 1.165) is 16.3 Å². The zero-order chi connectivity index (χ0) is 23.4. The standard InChI is InChI=1S/C27H24N2O4/c1-18(2)20-9-7-19(8-10-20)17-33-26-16-24(29(31)32)13-14-25(26)28-27(30)23-12-11-21-5-3-4-6-22(21)15-23/h3-16,18H,17H2,1-2H3,(H,28,30). The van der Waals surface area contributed by atoms with Gasteiger partial charge in [-0.3, -0.25) is 14.9 Å². The summed E-state index contributed by atoms with van der Waals surface area (Å²) in [7, 11) is 0. The molecule has 6 heteroatoms. The average Bonchev–Trinajstić information content (AvgIpc) is 2.83. The second-order valence-electron chi connectivity index (χ2n) is 8.14. The number of nitrogens with one attached hydrogen (secondary N) is 1. The Morgan fingerprint density at radius 1 is 0.939 bits per heavy atom. The molecule has 0 spiro atoms. The van der Waals surface area contributed by atoms with E-state index < -0.39 is 4.92 Å². The minimum Gasteiger partial charge on any atom is -0.486 e. The molecule has 0 aliphatic heterocycles. The van der Waals surface area contributed by atoms with E-state index in [1.165, 1.54) is 23.8 Å². The van der Waals surface area contributed by atoms with Gasteiger partial charge in [0.25, 0.3) is 11.6 Å². The summed E-state index contributed by atoms with van der Waals surface area (Å²) in [5, 5.41) is 16.1. The second kappa shape index (κ2) is 9.53. The van der Waals surface area contributed by atoms with Crippen LogP contribution in [0.15, 0.2) is 84.9 Å². The van der Waals surface area contributed by atoms with Crippen molar-refractivity contribution in [2.24, 2.45) is 0 Å². The number of hydrogen-bond acceptors (Lipinski definition) is 4. The van der Waals surface area contributed by atoms with Gasteiger partial charge < -0.3 is 10.1 Å². The van der Waals surface area contributed by atoms with E-state index in [1.54, 1.807) is 6.07 Å². The summed E-state index contributed by atoms with van der Waals surface area (Å²) in [5.41, 5.74) is 2.90. The monoisotopic (exact) mass is 440 g/mol. The van der Waals surface area contributed by atoms with Crippen molar-refractivity contribution >= 4 is 28.1 Å². The van der Waals surface area contributed by atoms with Gasteiger partial charge in [0, 0.05) is 11.6 Å². The largest absolute Gasteiger partial charge is 0.486 e. The smallest absolute Gasteiger partial charge is 0.273 e. The topological polar surface area (TPSA) is 81.5 Å². The normalized spacial score (nSPS) is 10.9. The molecule has 0 radical (unpaired) electrons. The van der Waals surface area contributed by atoms with E-state index in [9.17, 15) is 14.9 Å². The number of nitrogens with zero attached hydrogens (tertiary/aromatic N) is 1. The van der Waals surface area contributed by atoms with Crippen LogP contribution in [0.3, 0.4) is 0 Å². The molecule has 0 bridgehead atoms. The molecule has 0 fully saturated rings. The molecule has 0 saturated carbocycles. The molecule has 0 aliphatic carbocycles. The number of rotatable bonds is 7. The van der Waals surface area contributed by atoms with Crippen LogP contribution in [0.25, 0.3) is 10.8 Å². The Labute approximate surface area is 192 Å². The fourth-order valence-electron chi connectivity index (χ4n) is 3.53. The van der Waals surface area contributed by atoms with E-state index in [0.29, 0.717) is 17.2 Å². The molecule has 0 heterocycles. The van der Waals surface area contributed by atoms with Gasteiger partial charge in [0.05, 0.1) is 16.7 Å². The maximum absolute atomic E-state index is 12.9. The first-order valence-electron chi connectivity index (χ1n) is 10.7. The minimum absolute atomic E-state index is 0.108. The Hall–Kier alpha value is -4.19. The van der Waals surface area contributed by atoms with E-state index in [1.807, 2.05) is 60.7 Å². The number of amides is 1. The summed E-state index contributed by atoms with van der Waals surface area (Å²) in [4.78, 5) is 23.7. The third-order valence-electron chi connectivity index (χ3n) is 5.48. The molecule has 1 N–H and O–H groups in total. The van der Waals surface area contributed by atoms with Gasteiger partial charge in [-0.2, -0.15) is 0 Å². The molecule has 33 heavy (non-hydrogen) atoms. The zero-order valence-electron chi connectivity index (χ0n) is 18.4. The van der Waals surface area contributed by atoms with Crippen molar-refractivity contribution in [3.8, 4) is 5.75 Å². The predicted octanol–water partition coefficient (Wildman–Crippen LogP) is 6.70. The maximum atomic E-state index is 12.9. The van der Waals surface area contributed by atoms with E-state index in [4.69, 9.17) is 4.74 Å². The molecule has 4 rings (SSSR count). The lowest BCUT2D eigenvalue weighted by Crippen LogP contribution is -2.13. The lowest BCUT2D eigenvalue weighted by Gasteiger charge is -2.13. The molecule has 0 aliphatic rings. The fourth-order valence-corrected chi connectivity index (χ4v) is 3.53. The van der Waals surface area contributed by atoms with Crippen LogP contribution >= 0.6 is 0 Å². The number of carbonyl (C=O) groups excluding carboxylic acids is 1. The highest BCUT2D eigenvalue weighted by molar-refractivity contribution is 6.07. The summed E-state index contributed by atoms with van der Waals surface area (Å²) in [6, 6.07) is 25.4. The number of hydrogen-bond donors (Lipinski definition) is 1. The number of fused-ring (bicyclic) bond motifs is 1. The zero-order valence-corrected chi connectivity index (χ0v) is 18.4. The first-order valence-corrected chi connectivity index (χ1v) is 10.7.